The lowest BCUT2D eigenvalue weighted by Crippen LogP contribution is -2.45. The van der Waals surface area contributed by atoms with Gasteiger partial charge in [-0.05, 0) is 43.7 Å². The number of fused-ring (bicyclic) bond motifs is 1. The molecule has 1 fully saturated rings. The molecule has 1 aromatic rings. The first kappa shape index (κ1) is 25.2. The van der Waals surface area contributed by atoms with Gasteiger partial charge in [-0.2, -0.15) is 0 Å². The number of rotatable bonds is 10. The molecule has 1 aliphatic carbocycles. The van der Waals surface area contributed by atoms with E-state index in [-0.39, 0.29) is 30.2 Å². The Bertz CT molecular complexity index is 890. The number of halogens is 1. The van der Waals surface area contributed by atoms with E-state index in [2.05, 4.69) is 17.6 Å². The monoisotopic (exact) mass is 475 g/mol. The van der Waals surface area contributed by atoms with E-state index < -0.39 is 23.8 Å². The highest BCUT2D eigenvalue weighted by molar-refractivity contribution is 6.33. The molecule has 3 N–H and O–H groups in total. The summed E-state index contributed by atoms with van der Waals surface area (Å²) in [6, 6.07) is 6.27. The number of amides is 3. The van der Waals surface area contributed by atoms with E-state index in [0.29, 0.717) is 30.1 Å². The first-order valence-electron chi connectivity index (χ1n) is 11.8. The summed E-state index contributed by atoms with van der Waals surface area (Å²) in [5.74, 6) is -2.13. The number of hydrogen-bond acceptors (Lipinski definition) is 4. The molecule has 1 heterocycles. The largest absolute Gasteiger partial charge is 0.396 e. The van der Waals surface area contributed by atoms with Crippen LogP contribution in [0, 0.1) is 23.7 Å². The van der Waals surface area contributed by atoms with E-state index in [1.165, 1.54) is 0 Å². The predicted molar refractivity (Wildman–Crippen MR) is 129 cm³/mol. The summed E-state index contributed by atoms with van der Waals surface area (Å²) >= 11 is 6.25. The molecule has 1 aromatic carbocycles. The summed E-state index contributed by atoms with van der Waals surface area (Å²) in [5, 5.41) is 15.1. The fourth-order valence-electron chi connectivity index (χ4n) is 5.21. The molecule has 0 bridgehead atoms. The van der Waals surface area contributed by atoms with Gasteiger partial charge in [0.15, 0.2) is 0 Å². The summed E-state index contributed by atoms with van der Waals surface area (Å²) in [5.41, 5.74) is 0.492. The van der Waals surface area contributed by atoms with Crippen LogP contribution in [-0.2, 0) is 14.4 Å². The molecule has 7 nitrogen and oxygen atoms in total. The number of likely N-dealkylation sites (tertiary alicyclic amines) is 1. The van der Waals surface area contributed by atoms with Gasteiger partial charge in [0, 0.05) is 26.1 Å². The van der Waals surface area contributed by atoms with Crippen molar-refractivity contribution < 1.29 is 19.5 Å². The Balaban J connectivity index is 1.94. The van der Waals surface area contributed by atoms with Crippen LogP contribution in [0.25, 0.3) is 0 Å². The standard InChI is InChI=1S/C25H34ClN3O4/c1-3-9-16-12-13-17-21(20(16)23(31)27-2)25(33)29(14-7-4-8-15-30)22(17)24(32)28-19-11-6-5-10-18(19)26/h5-6,10-13,16-17,20-22,30H,3-4,7-9,14-15H2,1-2H3,(H,27,31)(H,28,32)/t16-,17+,20-,21+,22+/m1/s1. The summed E-state index contributed by atoms with van der Waals surface area (Å²) in [6.07, 6.45) is 7.75. The van der Waals surface area contributed by atoms with Gasteiger partial charge in [0.05, 0.1) is 22.5 Å². The zero-order chi connectivity index (χ0) is 24.0. The Kier molecular flexibility index (Phi) is 8.92. The number of nitrogens with zero attached hydrogens (tertiary/aromatic N) is 1. The fourth-order valence-corrected chi connectivity index (χ4v) is 5.39. The van der Waals surface area contributed by atoms with Crippen molar-refractivity contribution in [3.63, 3.8) is 0 Å². The van der Waals surface area contributed by atoms with Crippen LogP contribution in [0.15, 0.2) is 36.4 Å². The van der Waals surface area contributed by atoms with Crippen LogP contribution in [0.1, 0.15) is 39.0 Å². The second kappa shape index (κ2) is 11.7. The van der Waals surface area contributed by atoms with Crippen LogP contribution in [0.3, 0.4) is 0 Å². The number of aliphatic hydroxyl groups excluding tert-OH is 1. The molecule has 33 heavy (non-hydrogen) atoms. The SMILES string of the molecule is CCC[C@@H]1C=C[C@H]2[C@H](C(=O)N(CCCCCO)[C@@H]2C(=O)Nc2ccccc2Cl)[C@@H]1C(=O)NC. The van der Waals surface area contributed by atoms with Crippen LogP contribution in [-0.4, -0.2) is 54.0 Å². The molecule has 0 radical (unpaired) electrons. The number of hydrogen-bond donors (Lipinski definition) is 3. The number of benzene rings is 1. The smallest absolute Gasteiger partial charge is 0.247 e. The van der Waals surface area contributed by atoms with Gasteiger partial charge in [0.2, 0.25) is 17.7 Å². The Labute approximate surface area is 200 Å². The first-order valence-corrected chi connectivity index (χ1v) is 12.2. The second-order valence-corrected chi connectivity index (χ2v) is 9.22. The van der Waals surface area contributed by atoms with Crippen molar-refractivity contribution in [2.75, 3.05) is 25.5 Å². The number of nitrogens with one attached hydrogen (secondary N) is 2. The highest BCUT2D eigenvalue weighted by Gasteiger charge is 2.56. The maximum Gasteiger partial charge on any atom is 0.247 e. The van der Waals surface area contributed by atoms with Crippen LogP contribution in [0.2, 0.25) is 5.02 Å². The minimum Gasteiger partial charge on any atom is -0.396 e. The molecule has 1 aliphatic heterocycles. The Morgan fingerprint density at radius 3 is 2.55 bits per heavy atom. The maximum absolute atomic E-state index is 13.7. The number of carbonyl (C=O) groups is 3. The van der Waals surface area contributed by atoms with Crippen LogP contribution >= 0.6 is 11.6 Å². The average Bonchev–Trinajstić information content (AvgIpc) is 3.09. The molecule has 5 atom stereocenters. The van der Waals surface area contributed by atoms with E-state index in [0.717, 1.165) is 19.3 Å². The third-order valence-electron chi connectivity index (χ3n) is 6.74. The van der Waals surface area contributed by atoms with E-state index in [1.807, 2.05) is 12.2 Å². The van der Waals surface area contributed by atoms with Gasteiger partial charge >= 0.3 is 0 Å². The van der Waals surface area contributed by atoms with Gasteiger partial charge in [-0.25, -0.2) is 0 Å². The number of allylic oxidation sites excluding steroid dienone is 1. The summed E-state index contributed by atoms with van der Waals surface area (Å²) in [7, 11) is 1.59. The number of para-hydroxylation sites is 1. The molecule has 180 valence electrons. The van der Waals surface area contributed by atoms with E-state index in [4.69, 9.17) is 16.7 Å². The Morgan fingerprint density at radius 2 is 1.88 bits per heavy atom. The van der Waals surface area contributed by atoms with Gasteiger partial charge in [-0.1, -0.05) is 49.2 Å². The molecule has 2 aliphatic rings. The zero-order valence-corrected chi connectivity index (χ0v) is 20.1. The molecule has 0 spiro atoms. The van der Waals surface area contributed by atoms with Gasteiger partial charge in [-0.3, -0.25) is 14.4 Å². The average molecular weight is 476 g/mol. The minimum atomic E-state index is -0.723. The van der Waals surface area contributed by atoms with E-state index in [9.17, 15) is 14.4 Å². The number of anilines is 1. The molecule has 0 unspecified atom stereocenters. The predicted octanol–water partition coefficient (Wildman–Crippen LogP) is 3.23. The topological polar surface area (TPSA) is 98.7 Å². The van der Waals surface area contributed by atoms with Crippen molar-refractivity contribution in [1.82, 2.24) is 10.2 Å². The molecule has 1 saturated heterocycles. The molecule has 3 amide bonds. The van der Waals surface area contributed by atoms with Crippen LogP contribution in [0.5, 0.6) is 0 Å². The minimum absolute atomic E-state index is 0.0400. The number of unbranched alkanes of at least 4 members (excludes halogenated alkanes) is 2. The molecule has 8 heteroatoms. The van der Waals surface area contributed by atoms with Crippen molar-refractivity contribution >= 4 is 35.0 Å². The fraction of sp³-hybridized carbons (Fsp3) is 0.560. The molecule has 0 saturated carbocycles. The highest BCUT2D eigenvalue weighted by atomic mass is 35.5. The Hall–Kier alpha value is -2.38. The highest BCUT2D eigenvalue weighted by Crippen LogP contribution is 2.45. The van der Waals surface area contributed by atoms with Crippen molar-refractivity contribution in [2.45, 2.75) is 45.1 Å². The lowest BCUT2D eigenvalue weighted by atomic mass is 9.68. The third-order valence-corrected chi connectivity index (χ3v) is 7.07. The van der Waals surface area contributed by atoms with E-state index in [1.54, 1.807) is 36.2 Å². The first-order chi connectivity index (χ1) is 15.9. The maximum atomic E-state index is 13.7. The number of aliphatic hydroxyl groups is 1. The molecule has 0 aromatic heterocycles. The molecular weight excluding hydrogens is 442 g/mol. The van der Waals surface area contributed by atoms with Gasteiger partial charge in [0.25, 0.3) is 0 Å². The van der Waals surface area contributed by atoms with Crippen molar-refractivity contribution in [3.05, 3.63) is 41.4 Å². The van der Waals surface area contributed by atoms with Crippen molar-refractivity contribution in [3.8, 4) is 0 Å². The summed E-state index contributed by atoms with van der Waals surface area (Å²) in [6.45, 7) is 2.56. The Morgan fingerprint density at radius 1 is 1.12 bits per heavy atom. The second-order valence-electron chi connectivity index (χ2n) is 8.81. The van der Waals surface area contributed by atoms with Gasteiger partial charge in [0.1, 0.15) is 6.04 Å². The van der Waals surface area contributed by atoms with Gasteiger partial charge in [-0.15, -0.1) is 0 Å². The zero-order valence-electron chi connectivity index (χ0n) is 19.3. The lowest BCUT2D eigenvalue weighted by Gasteiger charge is -2.34. The number of carbonyl (C=O) groups excluding carboxylic acids is 3. The van der Waals surface area contributed by atoms with Crippen molar-refractivity contribution in [1.29, 1.82) is 0 Å². The van der Waals surface area contributed by atoms with Crippen LogP contribution < -0.4 is 10.6 Å². The van der Waals surface area contributed by atoms with Crippen molar-refractivity contribution in [2.24, 2.45) is 23.7 Å². The van der Waals surface area contributed by atoms with E-state index >= 15 is 0 Å². The van der Waals surface area contributed by atoms with Crippen LogP contribution in [0.4, 0.5) is 5.69 Å². The summed E-state index contributed by atoms with van der Waals surface area (Å²) < 4.78 is 0. The normalized spacial score (nSPS) is 26.2. The third kappa shape index (κ3) is 5.41. The van der Waals surface area contributed by atoms with Gasteiger partial charge < -0.3 is 20.6 Å². The quantitative estimate of drug-likeness (QED) is 0.357. The lowest BCUT2D eigenvalue weighted by molar-refractivity contribution is -0.140. The summed E-state index contributed by atoms with van der Waals surface area (Å²) in [4.78, 5) is 41.7. The molecular formula is C25H34ClN3O4. The molecule has 3 rings (SSSR count).